The van der Waals surface area contributed by atoms with Gasteiger partial charge in [-0.1, -0.05) is 12.1 Å². The van der Waals surface area contributed by atoms with Crippen molar-refractivity contribution in [2.24, 2.45) is 0 Å². The predicted molar refractivity (Wildman–Crippen MR) is 108 cm³/mol. The molecule has 9 nitrogen and oxygen atoms in total. The fourth-order valence-electron chi connectivity index (χ4n) is 2.42. The van der Waals surface area contributed by atoms with Crippen molar-refractivity contribution < 1.29 is 32.3 Å². The molecule has 2 aromatic carbocycles. The zero-order valence-electron chi connectivity index (χ0n) is 16.7. The average Bonchev–Trinajstić information content (AvgIpc) is 2.72. The second-order valence-electron chi connectivity index (χ2n) is 6.32. The molecule has 0 aromatic heterocycles. The van der Waals surface area contributed by atoms with Crippen LogP contribution in [0.3, 0.4) is 0 Å². The Kier molecular flexibility index (Phi) is 7.67. The molecule has 0 bridgehead atoms. The number of esters is 2. The maximum absolute atomic E-state index is 12.6. The summed E-state index contributed by atoms with van der Waals surface area (Å²) in [5.41, 5.74) is 1.46. The molecular weight excluding hydrogens is 412 g/mol. The van der Waals surface area contributed by atoms with E-state index in [4.69, 9.17) is 4.74 Å². The molecule has 2 aromatic rings. The number of carbonyl (C=O) groups is 3. The van der Waals surface area contributed by atoms with E-state index in [1.807, 2.05) is 0 Å². The van der Waals surface area contributed by atoms with Crippen LogP contribution in [0.25, 0.3) is 0 Å². The summed E-state index contributed by atoms with van der Waals surface area (Å²) in [4.78, 5) is 34.5. The zero-order chi connectivity index (χ0) is 22.3. The van der Waals surface area contributed by atoms with Gasteiger partial charge in [-0.3, -0.25) is 9.59 Å². The van der Waals surface area contributed by atoms with E-state index in [1.54, 1.807) is 12.1 Å². The quantitative estimate of drug-likeness (QED) is 0.629. The number of ether oxygens (including phenoxy) is 2. The van der Waals surface area contributed by atoms with Gasteiger partial charge < -0.3 is 14.8 Å². The monoisotopic (exact) mass is 434 g/mol. The number of nitrogens with zero attached hydrogens (tertiary/aromatic N) is 1. The summed E-state index contributed by atoms with van der Waals surface area (Å²) in [5.74, 6) is -1.48. The van der Waals surface area contributed by atoms with Crippen molar-refractivity contribution in [1.82, 2.24) is 4.31 Å². The van der Waals surface area contributed by atoms with Gasteiger partial charge >= 0.3 is 11.9 Å². The summed E-state index contributed by atoms with van der Waals surface area (Å²) in [6.45, 7) is 0.799. The molecule has 0 radical (unpaired) electrons. The van der Waals surface area contributed by atoms with Crippen molar-refractivity contribution in [3.05, 3.63) is 59.7 Å². The number of likely N-dealkylation sites (N-methyl/N-ethyl adjacent to an activating group) is 1. The summed E-state index contributed by atoms with van der Waals surface area (Å²) < 4.78 is 35.8. The number of hydrogen-bond acceptors (Lipinski definition) is 7. The van der Waals surface area contributed by atoms with Crippen molar-refractivity contribution in [3.8, 4) is 0 Å². The summed E-state index contributed by atoms with van der Waals surface area (Å²) >= 11 is 0. The van der Waals surface area contributed by atoms with Gasteiger partial charge in [-0.05, 0) is 42.0 Å². The minimum atomic E-state index is -3.91. The van der Waals surface area contributed by atoms with E-state index in [0.29, 0.717) is 16.8 Å². The molecule has 0 aliphatic heterocycles. The summed E-state index contributed by atoms with van der Waals surface area (Å²) in [7, 11) is -1.37. The van der Waals surface area contributed by atoms with E-state index < -0.39 is 28.5 Å². The Balaban J connectivity index is 1.94. The van der Waals surface area contributed by atoms with Crippen molar-refractivity contribution >= 4 is 33.6 Å². The molecule has 0 unspecified atom stereocenters. The van der Waals surface area contributed by atoms with Crippen molar-refractivity contribution in [2.45, 2.75) is 18.4 Å². The van der Waals surface area contributed by atoms with E-state index in [0.717, 1.165) is 4.31 Å². The maximum atomic E-state index is 12.6. The van der Waals surface area contributed by atoms with E-state index >= 15 is 0 Å². The van der Waals surface area contributed by atoms with Gasteiger partial charge in [-0.25, -0.2) is 13.2 Å². The third-order valence-corrected chi connectivity index (χ3v) is 5.83. The topological polar surface area (TPSA) is 119 Å². The number of benzene rings is 2. The summed E-state index contributed by atoms with van der Waals surface area (Å²) in [6.07, 6.45) is 0. The van der Waals surface area contributed by atoms with Gasteiger partial charge in [0.15, 0.2) is 0 Å². The van der Waals surface area contributed by atoms with Crippen molar-refractivity contribution in [3.63, 3.8) is 0 Å². The zero-order valence-corrected chi connectivity index (χ0v) is 17.6. The highest BCUT2D eigenvalue weighted by atomic mass is 32.2. The number of carbonyl (C=O) groups excluding carboxylic acids is 3. The lowest BCUT2D eigenvalue weighted by Gasteiger charge is -2.17. The Bertz CT molecular complexity index is 1020. The van der Waals surface area contributed by atoms with E-state index in [-0.39, 0.29) is 17.4 Å². The third kappa shape index (κ3) is 6.13. The Morgan fingerprint density at radius 3 is 2.13 bits per heavy atom. The fourth-order valence-corrected chi connectivity index (χ4v) is 3.54. The number of nitrogens with one attached hydrogen (secondary N) is 1. The van der Waals surface area contributed by atoms with Gasteiger partial charge in [0.05, 0.1) is 17.6 Å². The lowest BCUT2D eigenvalue weighted by atomic mass is 10.1. The molecule has 0 saturated heterocycles. The molecule has 2 rings (SSSR count). The Labute approximate surface area is 174 Å². The largest absolute Gasteiger partial charge is 0.465 e. The molecule has 0 aliphatic rings. The van der Waals surface area contributed by atoms with Gasteiger partial charge in [0.25, 0.3) is 0 Å². The first-order valence-corrected chi connectivity index (χ1v) is 10.2. The van der Waals surface area contributed by atoms with Crippen LogP contribution in [0.5, 0.6) is 0 Å². The number of amides is 1. The number of hydrogen-bond donors (Lipinski definition) is 1. The molecule has 0 atom stereocenters. The Morgan fingerprint density at radius 2 is 1.60 bits per heavy atom. The standard InChI is InChI=1S/C20H22N2O7S/c1-14(23)21-17-8-10-18(11-9-17)30(26,27)22(2)12-19(24)29-13-15-4-6-16(7-5-15)20(25)28-3/h4-11H,12-13H2,1-3H3,(H,21,23). The smallest absolute Gasteiger partial charge is 0.337 e. The molecule has 0 heterocycles. The predicted octanol–water partition coefficient (Wildman–Crippen LogP) is 1.80. The van der Waals surface area contributed by atoms with Gasteiger partial charge in [0.1, 0.15) is 13.2 Å². The molecule has 0 saturated carbocycles. The van der Waals surface area contributed by atoms with E-state index in [9.17, 15) is 22.8 Å². The van der Waals surface area contributed by atoms with Crippen LogP contribution in [0.15, 0.2) is 53.4 Å². The number of rotatable bonds is 8. The Morgan fingerprint density at radius 1 is 1.00 bits per heavy atom. The van der Waals surface area contributed by atoms with E-state index in [1.165, 1.54) is 57.5 Å². The van der Waals surface area contributed by atoms with Crippen LogP contribution in [0, 0.1) is 0 Å². The second kappa shape index (κ2) is 9.99. The molecule has 1 N–H and O–H groups in total. The van der Waals surface area contributed by atoms with Crippen LogP contribution in [0.2, 0.25) is 0 Å². The summed E-state index contributed by atoms with van der Waals surface area (Å²) in [6, 6.07) is 11.9. The van der Waals surface area contributed by atoms with E-state index in [2.05, 4.69) is 10.1 Å². The van der Waals surface area contributed by atoms with Crippen LogP contribution < -0.4 is 5.32 Å². The number of sulfonamides is 1. The van der Waals surface area contributed by atoms with Gasteiger partial charge in [0, 0.05) is 19.7 Å². The lowest BCUT2D eigenvalue weighted by Crippen LogP contribution is -2.33. The van der Waals surface area contributed by atoms with Crippen molar-refractivity contribution in [1.29, 1.82) is 0 Å². The van der Waals surface area contributed by atoms with Crippen molar-refractivity contribution in [2.75, 3.05) is 26.0 Å². The minimum Gasteiger partial charge on any atom is -0.465 e. The number of anilines is 1. The highest BCUT2D eigenvalue weighted by molar-refractivity contribution is 7.89. The third-order valence-electron chi connectivity index (χ3n) is 4.01. The highest BCUT2D eigenvalue weighted by Crippen LogP contribution is 2.17. The normalized spacial score (nSPS) is 11.1. The number of methoxy groups -OCH3 is 1. The van der Waals surface area contributed by atoms with Gasteiger partial charge in [-0.2, -0.15) is 4.31 Å². The average molecular weight is 434 g/mol. The SMILES string of the molecule is COC(=O)c1ccc(COC(=O)CN(C)S(=O)(=O)c2ccc(NC(C)=O)cc2)cc1. The lowest BCUT2D eigenvalue weighted by molar-refractivity contribution is -0.144. The van der Waals surface area contributed by atoms with Gasteiger partial charge in [0.2, 0.25) is 15.9 Å². The van der Waals surface area contributed by atoms with Crippen LogP contribution in [-0.4, -0.2) is 51.3 Å². The molecule has 30 heavy (non-hydrogen) atoms. The molecule has 10 heteroatoms. The highest BCUT2D eigenvalue weighted by Gasteiger charge is 2.23. The van der Waals surface area contributed by atoms with Crippen LogP contribution in [0.4, 0.5) is 5.69 Å². The first kappa shape index (κ1) is 23.0. The first-order chi connectivity index (χ1) is 14.1. The molecule has 0 fully saturated rings. The molecule has 0 spiro atoms. The minimum absolute atomic E-state index is 0.0229. The van der Waals surface area contributed by atoms with Gasteiger partial charge in [-0.15, -0.1) is 0 Å². The molecular formula is C20H22N2O7S. The fraction of sp³-hybridized carbons (Fsp3) is 0.250. The first-order valence-electron chi connectivity index (χ1n) is 8.80. The maximum Gasteiger partial charge on any atom is 0.337 e. The molecule has 1 amide bonds. The molecule has 0 aliphatic carbocycles. The van der Waals surface area contributed by atoms with Crippen LogP contribution in [-0.2, 0) is 35.7 Å². The van der Waals surface area contributed by atoms with Crippen LogP contribution >= 0.6 is 0 Å². The molecule has 160 valence electrons. The summed E-state index contributed by atoms with van der Waals surface area (Å²) in [5, 5.41) is 2.54. The van der Waals surface area contributed by atoms with Crippen LogP contribution in [0.1, 0.15) is 22.8 Å². The second-order valence-corrected chi connectivity index (χ2v) is 8.36. The Hall–Kier alpha value is -3.24.